The number of carbonyl (C=O) groups excluding carboxylic acids is 1. The molecular formula is C19H18ClN3O2S. The molecule has 0 aliphatic heterocycles. The summed E-state index contributed by atoms with van der Waals surface area (Å²) in [4.78, 5) is 16.2. The van der Waals surface area contributed by atoms with Crippen molar-refractivity contribution in [3.8, 4) is 11.4 Å². The molecule has 0 saturated carbocycles. The number of hydrogen-bond donors (Lipinski definition) is 1. The van der Waals surface area contributed by atoms with Crippen LogP contribution < -0.4 is 5.32 Å². The van der Waals surface area contributed by atoms with Crippen LogP contribution in [0.3, 0.4) is 0 Å². The number of nitrogens with one attached hydrogen (secondary N) is 1. The summed E-state index contributed by atoms with van der Waals surface area (Å²) < 4.78 is 5.19. The number of thioether (sulfide) groups is 1. The van der Waals surface area contributed by atoms with Crippen LogP contribution in [0.25, 0.3) is 11.4 Å². The van der Waals surface area contributed by atoms with Crippen LogP contribution in [-0.4, -0.2) is 21.8 Å². The maximum absolute atomic E-state index is 11.9. The van der Waals surface area contributed by atoms with E-state index in [0.29, 0.717) is 22.5 Å². The van der Waals surface area contributed by atoms with E-state index < -0.39 is 0 Å². The molecule has 0 aliphatic rings. The molecule has 0 radical (unpaired) electrons. The zero-order valence-corrected chi connectivity index (χ0v) is 15.8. The van der Waals surface area contributed by atoms with Gasteiger partial charge in [-0.2, -0.15) is 4.98 Å². The number of benzene rings is 2. The van der Waals surface area contributed by atoms with Gasteiger partial charge in [0, 0.05) is 16.3 Å². The topological polar surface area (TPSA) is 68.0 Å². The molecule has 0 saturated heterocycles. The first kappa shape index (κ1) is 18.5. The van der Waals surface area contributed by atoms with E-state index in [1.165, 1.54) is 17.3 Å². The van der Waals surface area contributed by atoms with Gasteiger partial charge in [-0.1, -0.05) is 58.7 Å². The Morgan fingerprint density at radius 1 is 1.23 bits per heavy atom. The maximum atomic E-state index is 11.9. The van der Waals surface area contributed by atoms with Gasteiger partial charge in [0.25, 0.3) is 0 Å². The fourth-order valence-electron chi connectivity index (χ4n) is 2.26. The molecule has 1 heterocycles. The third-order valence-electron chi connectivity index (χ3n) is 3.61. The van der Waals surface area contributed by atoms with E-state index in [4.69, 9.17) is 16.1 Å². The van der Waals surface area contributed by atoms with Gasteiger partial charge in [-0.05, 0) is 24.6 Å². The van der Waals surface area contributed by atoms with Crippen molar-refractivity contribution < 1.29 is 9.32 Å². The van der Waals surface area contributed by atoms with Crippen LogP contribution in [0.5, 0.6) is 0 Å². The number of carbonyl (C=O) groups is 1. The Morgan fingerprint density at radius 3 is 2.81 bits per heavy atom. The summed E-state index contributed by atoms with van der Waals surface area (Å²) in [7, 11) is 0. The SMILES string of the molecule is Cc1ccc(-c2noc(CNC(=O)CSCc3cccc(Cl)c3)n2)cc1. The van der Waals surface area contributed by atoms with Gasteiger partial charge in [0.05, 0.1) is 12.3 Å². The van der Waals surface area contributed by atoms with Gasteiger partial charge in [-0.15, -0.1) is 11.8 Å². The van der Waals surface area contributed by atoms with Gasteiger partial charge < -0.3 is 9.84 Å². The van der Waals surface area contributed by atoms with Gasteiger partial charge in [-0.25, -0.2) is 0 Å². The van der Waals surface area contributed by atoms with E-state index in [0.717, 1.165) is 16.9 Å². The van der Waals surface area contributed by atoms with Crippen LogP contribution in [0.15, 0.2) is 53.1 Å². The van der Waals surface area contributed by atoms with E-state index >= 15 is 0 Å². The summed E-state index contributed by atoms with van der Waals surface area (Å²) in [6.45, 7) is 2.24. The van der Waals surface area contributed by atoms with Gasteiger partial charge >= 0.3 is 0 Å². The van der Waals surface area contributed by atoms with Crippen molar-refractivity contribution in [1.29, 1.82) is 0 Å². The van der Waals surface area contributed by atoms with Crippen LogP contribution in [-0.2, 0) is 17.1 Å². The Labute approximate surface area is 161 Å². The Hall–Kier alpha value is -2.31. The molecule has 0 aliphatic carbocycles. The smallest absolute Gasteiger partial charge is 0.246 e. The van der Waals surface area contributed by atoms with Crippen molar-refractivity contribution in [3.05, 3.63) is 70.6 Å². The van der Waals surface area contributed by atoms with E-state index in [-0.39, 0.29) is 12.5 Å². The average molecular weight is 388 g/mol. The number of nitrogens with zero attached hydrogens (tertiary/aromatic N) is 2. The monoisotopic (exact) mass is 387 g/mol. The Kier molecular flexibility index (Phi) is 6.30. The number of aromatic nitrogens is 2. The second kappa shape index (κ2) is 8.87. The third-order valence-corrected chi connectivity index (χ3v) is 4.84. The Balaban J connectivity index is 1.44. The van der Waals surface area contributed by atoms with E-state index in [9.17, 15) is 4.79 Å². The predicted octanol–water partition coefficient (Wildman–Crippen LogP) is 4.25. The molecule has 7 heteroatoms. The highest BCUT2D eigenvalue weighted by Gasteiger charge is 2.10. The van der Waals surface area contributed by atoms with Crippen molar-refractivity contribution in [2.24, 2.45) is 0 Å². The summed E-state index contributed by atoms with van der Waals surface area (Å²) >= 11 is 7.47. The lowest BCUT2D eigenvalue weighted by atomic mass is 10.1. The molecule has 0 bridgehead atoms. The average Bonchev–Trinajstić information content (AvgIpc) is 3.10. The molecule has 26 heavy (non-hydrogen) atoms. The van der Waals surface area contributed by atoms with Crippen molar-refractivity contribution in [3.63, 3.8) is 0 Å². The first-order valence-electron chi connectivity index (χ1n) is 8.08. The van der Waals surface area contributed by atoms with E-state index in [2.05, 4.69) is 15.5 Å². The lowest BCUT2D eigenvalue weighted by Crippen LogP contribution is -2.24. The number of hydrogen-bond acceptors (Lipinski definition) is 5. The molecule has 3 rings (SSSR count). The van der Waals surface area contributed by atoms with E-state index in [1.807, 2.05) is 55.5 Å². The Morgan fingerprint density at radius 2 is 2.04 bits per heavy atom. The summed E-state index contributed by atoms with van der Waals surface area (Å²) in [5.41, 5.74) is 3.14. The summed E-state index contributed by atoms with van der Waals surface area (Å²) in [6, 6.07) is 15.5. The Bertz CT molecular complexity index is 881. The molecule has 2 aromatic carbocycles. The molecule has 0 atom stereocenters. The molecule has 0 spiro atoms. The minimum absolute atomic E-state index is 0.0767. The van der Waals surface area contributed by atoms with Gasteiger partial charge in [-0.3, -0.25) is 4.79 Å². The predicted molar refractivity (Wildman–Crippen MR) is 104 cm³/mol. The maximum Gasteiger partial charge on any atom is 0.246 e. The zero-order valence-electron chi connectivity index (χ0n) is 14.2. The minimum atomic E-state index is -0.0767. The van der Waals surface area contributed by atoms with Crippen LogP contribution in [0.1, 0.15) is 17.0 Å². The lowest BCUT2D eigenvalue weighted by Gasteiger charge is -2.03. The fourth-order valence-corrected chi connectivity index (χ4v) is 3.28. The fraction of sp³-hybridized carbons (Fsp3) is 0.211. The number of rotatable bonds is 7. The van der Waals surface area contributed by atoms with Gasteiger partial charge in [0.15, 0.2) is 0 Å². The van der Waals surface area contributed by atoms with Crippen LogP contribution in [0.4, 0.5) is 0 Å². The molecule has 0 unspecified atom stereocenters. The normalized spacial score (nSPS) is 10.7. The first-order valence-corrected chi connectivity index (χ1v) is 9.62. The number of aryl methyl sites for hydroxylation is 1. The first-order chi connectivity index (χ1) is 12.6. The minimum Gasteiger partial charge on any atom is -0.346 e. The standard InChI is InChI=1S/C19H18ClN3O2S/c1-13-5-7-15(8-6-13)19-22-18(25-23-19)10-21-17(24)12-26-11-14-3-2-4-16(20)9-14/h2-9H,10-12H2,1H3,(H,21,24). The number of halogens is 1. The summed E-state index contributed by atoms with van der Waals surface area (Å²) in [6.07, 6.45) is 0. The van der Waals surface area contributed by atoms with Crippen LogP contribution in [0, 0.1) is 6.92 Å². The van der Waals surface area contributed by atoms with Gasteiger partial charge in [0.1, 0.15) is 0 Å². The quantitative estimate of drug-likeness (QED) is 0.656. The molecule has 1 N–H and O–H groups in total. The number of amides is 1. The highest BCUT2D eigenvalue weighted by atomic mass is 35.5. The zero-order chi connectivity index (χ0) is 18.4. The molecule has 1 amide bonds. The highest BCUT2D eigenvalue weighted by Crippen LogP contribution is 2.17. The molecule has 0 fully saturated rings. The van der Waals surface area contributed by atoms with Crippen molar-refractivity contribution in [2.75, 3.05) is 5.75 Å². The third kappa shape index (κ3) is 5.34. The highest BCUT2D eigenvalue weighted by molar-refractivity contribution is 7.99. The second-order valence-corrected chi connectivity index (χ2v) is 7.20. The molecule has 134 valence electrons. The largest absolute Gasteiger partial charge is 0.346 e. The summed E-state index contributed by atoms with van der Waals surface area (Å²) in [5, 5.41) is 7.44. The lowest BCUT2D eigenvalue weighted by molar-refractivity contribution is -0.118. The molecular weight excluding hydrogens is 370 g/mol. The molecule has 5 nitrogen and oxygen atoms in total. The van der Waals surface area contributed by atoms with Gasteiger partial charge in [0.2, 0.25) is 17.6 Å². The summed E-state index contributed by atoms with van der Waals surface area (Å²) in [5.74, 6) is 1.91. The van der Waals surface area contributed by atoms with Crippen LogP contribution in [0.2, 0.25) is 5.02 Å². The second-order valence-electron chi connectivity index (χ2n) is 5.78. The van der Waals surface area contributed by atoms with Crippen molar-refractivity contribution in [1.82, 2.24) is 15.5 Å². The van der Waals surface area contributed by atoms with Crippen molar-refractivity contribution in [2.45, 2.75) is 19.2 Å². The van der Waals surface area contributed by atoms with E-state index in [1.54, 1.807) is 0 Å². The van der Waals surface area contributed by atoms with Crippen molar-refractivity contribution >= 4 is 29.3 Å². The van der Waals surface area contributed by atoms with Crippen LogP contribution >= 0.6 is 23.4 Å². The molecule has 1 aromatic heterocycles. The molecule has 3 aromatic rings.